The van der Waals surface area contributed by atoms with Crippen molar-refractivity contribution in [3.05, 3.63) is 75.7 Å². The van der Waals surface area contributed by atoms with Gasteiger partial charge < -0.3 is 4.74 Å². The number of hydrogen-bond donors (Lipinski definition) is 0. The monoisotopic (exact) mass is 369 g/mol. The Kier molecular flexibility index (Phi) is 4.98. The lowest BCUT2D eigenvalue weighted by Gasteiger charge is -2.06. The van der Waals surface area contributed by atoms with Gasteiger partial charge in [-0.25, -0.2) is 13.9 Å². The van der Waals surface area contributed by atoms with Crippen molar-refractivity contribution in [1.82, 2.24) is 9.78 Å². The van der Waals surface area contributed by atoms with Crippen molar-refractivity contribution in [2.24, 2.45) is 0 Å². The van der Waals surface area contributed by atoms with E-state index in [-0.39, 0.29) is 18.0 Å². The minimum absolute atomic E-state index is 0.0403. The van der Waals surface area contributed by atoms with E-state index in [1.54, 1.807) is 26.0 Å². The minimum Gasteiger partial charge on any atom is -0.461 e. The topological polar surface area (TPSA) is 87.3 Å². The van der Waals surface area contributed by atoms with E-state index < -0.39 is 16.7 Å². The van der Waals surface area contributed by atoms with Crippen molar-refractivity contribution in [2.45, 2.75) is 13.8 Å². The van der Waals surface area contributed by atoms with Crippen LogP contribution >= 0.6 is 0 Å². The quantitative estimate of drug-likeness (QED) is 0.384. The predicted octanol–water partition coefficient (Wildman–Crippen LogP) is 4.07. The summed E-state index contributed by atoms with van der Waals surface area (Å²) in [4.78, 5) is 23.0. The Labute approximate surface area is 154 Å². The maximum atomic E-state index is 13.2. The van der Waals surface area contributed by atoms with Gasteiger partial charge in [0.2, 0.25) is 0 Å². The molecule has 0 aliphatic carbocycles. The van der Waals surface area contributed by atoms with Gasteiger partial charge in [0.05, 0.1) is 22.9 Å². The Hall–Kier alpha value is -3.55. The van der Waals surface area contributed by atoms with Gasteiger partial charge in [-0.1, -0.05) is 12.1 Å². The van der Waals surface area contributed by atoms with E-state index in [1.807, 2.05) is 0 Å². The van der Waals surface area contributed by atoms with E-state index in [1.165, 1.54) is 41.1 Å². The molecule has 27 heavy (non-hydrogen) atoms. The Morgan fingerprint density at radius 1 is 1.22 bits per heavy atom. The molecule has 0 saturated heterocycles. The third kappa shape index (κ3) is 3.69. The van der Waals surface area contributed by atoms with Gasteiger partial charge in [-0.15, -0.1) is 0 Å². The number of benzene rings is 2. The highest BCUT2D eigenvalue weighted by Gasteiger charge is 2.20. The van der Waals surface area contributed by atoms with Crippen molar-refractivity contribution >= 4 is 11.7 Å². The third-order valence-corrected chi connectivity index (χ3v) is 3.97. The molecular formula is C19H16FN3O4. The lowest BCUT2D eigenvalue weighted by molar-refractivity contribution is -0.385. The Morgan fingerprint density at radius 2 is 1.93 bits per heavy atom. The van der Waals surface area contributed by atoms with E-state index in [9.17, 15) is 19.3 Å². The van der Waals surface area contributed by atoms with Crippen LogP contribution in [0.25, 0.3) is 16.9 Å². The standard InChI is InChI=1S/C19H16FN3O4/c1-3-27-19(24)18-11-16(13-5-4-12(2)17(10-13)23(25)26)21-22(18)15-8-6-14(20)7-9-15/h4-11H,3H2,1-2H3. The van der Waals surface area contributed by atoms with E-state index in [2.05, 4.69) is 5.10 Å². The largest absolute Gasteiger partial charge is 0.461 e. The fourth-order valence-electron chi connectivity index (χ4n) is 2.62. The molecule has 0 atom stereocenters. The van der Waals surface area contributed by atoms with Gasteiger partial charge in [-0.2, -0.15) is 5.10 Å². The first-order valence-corrected chi connectivity index (χ1v) is 8.19. The molecule has 3 rings (SSSR count). The van der Waals surface area contributed by atoms with Gasteiger partial charge in [0.15, 0.2) is 5.69 Å². The van der Waals surface area contributed by atoms with Crippen LogP contribution < -0.4 is 0 Å². The lowest BCUT2D eigenvalue weighted by Crippen LogP contribution is -2.11. The van der Waals surface area contributed by atoms with Gasteiger partial charge >= 0.3 is 5.97 Å². The second-order valence-corrected chi connectivity index (χ2v) is 5.78. The molecule has 3 aromatic rings. The van der Waals surface area contributed by atoms with Crippen LogP contribution in [0.1, 0.15) is 23.0 Å². The normalized spacial score (nSPS) is 10.6. The van der Waals surface area contributed by atoms with Crippen molar-refractivity contribution < 1.29 is 18.8 Å². The van der Waals surface area contributed by atoms with Crippen LogP contribution in [0.4, 0.5) is 10.1 Å². The van der Waals surface area contributed by atoms with E-state index in [4.69, 9.17) is 4.74 Å². The molecule has 0 amide bonds. The number of aromatic nitrogens is 2. The molecule has 138 valence electrons. The summed E-state index contributed by atoms with van der Waals surface area (Å²) in [5.74, 6) is -1.01. The second kappa shape index (κ2) is 7.36. The number of halogens is 1. The van der Waals surface area contributed by atoms with Crippen LogP contribution in [0.3, 0.4) is 0 Å². The fourth-order valence-corrected chi connectivity index (χ4v) is 2.62. The minimum atomic E-state index is -0.595. The number of ether oxygens (including phenoxy) is 1. The number of carbonyl (C=O) groups is 1. The van der Waals surface area contributed by atoms with Gasteiger partial charge in [0.25, 0.3) is 5.69 Å². The summed E-state index contributed by atoms with van der Waals surface area (Å²) in [7, 11) is 0. The van der Waals surface area contributed by atoms with Crippen LogP contribution in [0.5, 0.6) is 0 Å². The van der Waals surface area contributed by atoms with Crippen LogP contribution in [0.15, 0.2) is 48.5 Å². The van der Waals surface area contributed by atoms with Crippen LogP contribution in [0, 0.1) is 22.9 Å². The molecule has 0 bridgehead atoms. The number of nitro benzene ring substituents is 1. The summed E-state index contributed by atoms with van der Waals surface area (Å²) in [6, 6.07) is 11.7. The lowest BCUT2D eigenvalue weighted by atomic mass is 10.1. The second-order valence-electron chi connectivity index (χ2n) is 5.78. The highest BCUT2D eigenvalue weighted by molar-refractivity contribution is 5.90. The van der Waals surface area contributed by atoms with Crippen LogP contribution in [-0.2, 0) is 4.74 Å². The smallest absolute Gasteiger partial charge is 0.357 e. The molecular weight excluding hydrogens is 353 g/mol. The molecule has 0 aliphatic heterocycles. The average Bonchev–Trinajstić information content (AvgIpc) is 3.08. The number of esters is 1. The molecule has 0 saturated carbocycles. The molecule has 0 spiro atoms. The Bertz CT molecular complexity index is 1010. The number of hydrogen-bond acceptors (Lipinski definition) is 5. The van der Waals surface area contributed by atoms with Crippen molar-refractivity contribution in [3.8, 4) is 16.9 Å². The van der Waals surface area contributed by atoms with Gasteiger partial charge in [0, 0.05) is 17.2 Å². The van der Waals surface area contributed by atoms with Gasteiger partial charge in [-0.05, 0) is 44.2 Å². The zero-order chi connectivity index (χ0) is 19.6. The van der Waals surface area contributed by atoms with Crippen molar-refractivity contribution in [1.29, 1.82) is 0 Å². The summed E-state index contributed by atoms with van der Waals surface area (Å²) >= 11 is 0. The van der Waals surface area contributed by atoms with Crippen molar-refractivity contribution in [3.63, 3.8) is 0 Å². The molecule has 2 aromatic carbocycles. The average molecular weight is 369 g/mol. The summed E-state index contributed by atoms with van der Waals surface area (Å²) < 4.78 is 19.6. The van der Waals surface area contributed by atoms with E-state index in [0.29, 0.717) is 22.5 Å². The first-order valence-electron chi connectivity index (χ1n) is 8.19. The highest BCUT2D eigenvalue weighted by Crippen LogP contribution is 2.28. The summed E-state index contributed by atoms with van der Waals surface area (Å²) in [6.45, 7) is 3.50. The first-order chi connectivity index (χ1) is 12.9. The van der Waals surface area contributed by atoms with Gasteiger partial charge in [0.1, 0.15) is 5.82 Å². The summed E-state index contributed by atoms with van der Waals surface area (Å²) in [5.41, 5.74) is 1.94. The molecule has 8 heteroatoms. The third-order valence-electron chi connectivity index (χ3n) is 3.97. The highest BCUT2D eigenvalue weighted by atomic mass is 19.1. The fraction of sp³-hybridized carbons (Fsp3) is 0.158. The molecule has 0 aliphatic rings. The number of carbonyl (C=O) groups excluding carboxylic acids is 1. The Morgan fingerprint density at radius 3 is 2.56 bits per heavy atom. The molecule has 0 N–H and O–H groups in total. The summed E-state index contributed by atoms with van der Waals surface area (Å²) in [5, 5.41) is 15.6. The molecule has 1 heterocycles. The SMILES string of the molecule is CCOC(=O)c1cc(-c2ccc(C)c([N+](=O)[O-])c2)nn1-c1ccc(F)cc1. The molecule has 7 nitrogen and oxygen atoms in total. The van der Waals surface area contributed by atoms with Crippen molar-refractivity contribution in [2.75, 3.05) is 6.61 Å². The number of nitrogens with zero attached hydrogens (tertiary/aromatic N) is 3. The predicted molar refractivity (Wildman–Crippen MR) is 96.3 cm³/mol. The first kappa shape index (κ1) is 18.2. The van der Waals surface area contributed by atoms with E-state index >= 15 is 0 Å². The zero-order valence-corrected chi connectivity index (χ0v) is 14.7. The zero-order valence-electron chi connectivity index (χ0n) is 14.7. The molecule has 0 fully saturated rings. The van der Waals surface area contributed by atoms with Crippen LogP contribution in [0.2, 0.25) is 0 Å². The van der Waals surface area contributed by atoms with Gasteiger partial charge in [-0.3, -0.25) is 10.1 Å². The number of rotatable bonds is 5. The van der Waals surface area contributed by atoms with E-state index in [0.717, 1.165) is 0 Å². The number of aryl methyl sites for hydroxylation is 1. The number of nitro groups is 1. The summed E-state index contributed by atoms with van der Waals surface area (Å²) in [6.07, 6.45) is 0. The maximum Gasteiger partial charge on any atom is 0.357 e. The molecule has 1 aromatic heterocycles. The molecule has 0 unspecified atom stereocenters. The van der Waals surface area contributed by atoms with Crippen LogP contribution in [-0.4, -0.2) is 27.3 Å². The maximum absolute atomic E-state index is 13.2. The molecule has 0 radical (unpaired) electrons. The Balaban J connectivity index is 2.14.